The van der Waals surface area contributed by atoms with Crippen LogP contribution in [0.25, 0.3) is 0 Å². The highest BCUT2D eigenvalue weighted by Gasteiger charge is 2.24. The van der Waals surface area contributed by atoms with Gasteiger partial charge in [-0.15, -0.1) is 0 Å². The fourth-order valence-corrected chi connectivity index (χ4v) is 2.39. The predicted molar refractivity (Wildman–Crippen MR) is 70.5 cm³/mol. The number of piperidine rings is 1. The Labute approximate surface area is 113 Å². The Kier molecular flexibility index (Phi) is 4.74. The van der Waals surface area contributed by atoms with E-state index in [1.165, 1.54) is 0 Å². The Morgan fingerprint density at radius 2 is 2.42 bits per heavy atom. The molecular formula is C14H20N2O3. The molecule has 0 radical (unpaired) electrons. The number of likely N-dealkylation sites (N-methyl/N-ethyl adjacent to an activating group) is 1. The Balaban J connectivity index is 1.87. The van der Waals surface area contributed by atoms with E-state index < -0.39 is 0 Å². The van der Waals surface area contributed by atoms with Gasteiger partial charge in [-0.1, -0.05) is 6.42 Å². The van der Waals surface area contributed by atoms with Crippen LogP contribution in [0.4, 0.5) is 0 Å². The molecule has 0 bridgehead atoms. The minimum atomic E-state index is -0.102. The third-order valence-corrected chi connectivity index (χ3v) is 3.56. The van der Waals surface area contributed by atoms with Gasteiger partial charge in [0.1, 0.15) is 12.0 Å². The molecule has 104 valence electrons. The van der Waals surface area contributed by atoms with E-state index in [1.807, 2.05) is 11.0 Å². The number of carbonyl (C=O) groups is 2. The zero-order valence-electron chi connectivity index (χ0n) is 11.2. The molecule has 1 fully saturated rings. The lowest BCUT2D eigenvalue weighted by atomic mass is 10.0. The van der Waals surface area contributed by atoms with Crippen LogP contribution in [0, 0.1) is 0 Å². The standard InChI is InChI=1S/C14H20N2O3/c1-15(9-13-6-4-8-19-13)14(18)10-16-7-3-2-5-12(16)11-17/h4,6,8,11-12H,2-3,5,7,9-10H2,1H3. The van der Waals surface area contributed by atoms with Crippen LogP contribution in [0.1, 0.15) is 25.0 Å². The second-order valence-electron chi connectivity index (χ2n) is 5.00. The predicted octanol–water partition coefficient (Wildman–Crippen LogP) is 1.29. The van der Waals surface area contributed by atoms with Crippen LogP contribution in [0.15, 0.2) is 22.8 Å². The summed E-state index contributed by atoms with van der Waals surface area (Å²) in [5.74, 6) is 0.784. The first-order valence-corrected chi connectivity index (χ1v) is 6.66. The Hall–Kier alpha value is -1.62. The van der Waals surface area contributed by atoms with Gasteiger partial charge in [0.05, 0.1) is 25.4 Å². The molecule has 0 N–H and O–H groups in total. The monoisotopic (exact) mass is 264 g/mol. The summed E-state index contributed by atoms with van der Waals surface area (Å²) in [5, 5.41) is 0. The van der Waals surface area contributed by atoms with Gasteiger partial charge in [0.2, 0.25) is 5.91 Å². The zero-order valence-corrected chi connectivity index (χ0v) is 11.2. The number of nitrogens with zero attached hydrogens (tertiary/aromatic N) is 2. The smallest absolute Gasteiger partial charge is 0.236 e. The molecule has 0 saturated carbocycles. The van der Waals surface area contributed by atoms with E-state index in [0.29, 0.717) is 13.1 Å². The van der Waals surface area contributed by atoms with E-state index in [-0.39, 0.29) is 11.9 Å². The second-order valence-corrected chi connectivity index (χ2v) is 5.00. The molecule has 0 spiro atoms. The van der Waals surface area contributed by atoms with Gasteiger partial charge in [-0.05, 0) is 31.5 Å². The maximum absolute atomic E-state index is 12.1. The summed E-state index contributed by atoms with van der Waals surface area (Å²) in [4.78, 5) is 26.7. The highest BCUT2D eigenvalue weighted by molar-refractivity contribution is 5.78. The minimum Gasteiger partial charge on any atom is -0.467 e. The van der Waals surface area contributed by atoms with Crippen LogP contribution in [0.5, 0.6) is 0 Å². The number of amides is 1. The van der Waals surface area contributed by atoms with Crippen molar-refractivity contribution in [3.8, 4) is 0 Å². The van der Waals surface area contributed by atoms with Gasteiger partial charge in [0.15, 0.2) is 0 Å². The molecule has 1 aromatic heterocycles. The average Bonchev–Trinajstić information content (AvgIpc) is 2.92. The normalized spacial score (nSPS) is 20.2. The zero-order chi connectivity index (χ0) is 13.7. The van der Waals surface area contributed by atoms with Gasteiger partial charge in [-0.2, -0.15) is 0 Å². The van der Waals surface area contributed by atoms with Crippen molar-refractivity contribution in [2.24, 2.45) is 0 Å². The van der Waals surface area contributed by atoms with E-state index in [4.69, 9.17) is 4.42 Å². The molecule has 1 atom stereocenters. The summed E-state index contributed by atoms with van der Waals surface area (Å²) in [6.45, 7) is 1.59. The lowest BCUT2D eigenvalue weighted by Gasteiger charge is -2.32. The van der Waals surface area contributed by atoms with Gasteiger partial charge >= 0.3 is 0 Å². The van der Waals surface area contributed by atoms with Crippen LogP contribution in [0.3, 0.4) is 0 Å². The largest absolute Gasteiger partial charge is 0.467 e. The van der Waals surface area contributed by atoms with E-state index in [2.05, 4.69) is 0 Å². The topological polar surface area (TPSA) is 53.8 Å². The lowest BCUT2D eigenvalue weighted by molar-refractivity contribution is -0.133. The summed E-state index contributed by atoms with van der Waals surface area (Å²) in [6.07, 6.45) is 5.54. The molecule has 1 saturated heterocycles. The summed E-state index contributed by atoms with van der Waals surface area (Å²) >= 11 is 0. The first-order valence-electron chi connectivity index (χ1n) is 6.66. The molecule has 1 aliphatic rings. The fraction of sp³-hybridized carbons (Fsp3) is 0.571. The van der Waals surface area contributed by atoms with Gasteiger partial charge in [0.25, 0.3) is 0 Å². The summed E-state index contributed by atoms with van der Waals surface area (Å²) in [5.41, 5.74) is 0. The van der Waals surface area contributed by atoms with Crippen LogP contribution in [-0.2, 0) is 16.1 Å². The van der Waals surface area contributed by atoms with E-state index >= 15 is 0 Å². The summed E-state index contributed by atoms with van der Waals surface area (Å²) in [6, 6.07) is 3.55. The molecule has 1 aliphatic heterocycles. The SMILES string of the molecule is CN(Cc1ccco1)C(=O)CN1CCCCC1C=O. The van der Waals surface area contributed by atoms with E-state index in [0.717, 1.165) is 37.9 Å². The van der Waals surface area contributed by atoms with Gasteiger partial charge in [0, 0.05) is 7.05 Å². The summed E-state index contributed by atoms with van der Waals surface area (Å²) in [7, 11) is 1.75. The second kappa shape index (κ2) is 6.52. The molecule has 0 aliphatic carbocycles. The highest BCUT2D eigenvalue weighted by atomic mass is 16.3. The number of rotatable bonds is 5. The minimum absolute atomic E-state index is 0.0187. The number of hydrogen-bond donors (Lipinski definition) is 0. The van der Waals surface area contributed by atoms with Crippen molar-refractivity contribution >= 4 is 12.2 Å². The molecule has 0 aromatic carbocycles. The van der Waals surface area contributed by atoms with Crippen molar-refractivity contribution in [1.82, 2.24) is 9.80 Å². The van der Waals surface area contributed by atoms with Crippen molar-refractivity contribution < 1.29 is 14.0 Å². The van der Waals surface area contributed by atoms with E-state index in [9.17, 15) is 9.59 Å². The first-order chi connectivity index (χ1) is 9.20. The van der Waals surface area contributed by atoms with Crippen LogP contribution >= 0.6 is 0 Å². The maximum Gasteiger partial charge on any atom is 0.236 e. The average molecular weight is 264 g/mol. The van der Waals surface area contributed by atoms with Crippen molar-refractivity contribution in [3.05, 3.63) is 24.2 Å². The number of carbonyl (C=O) groups excluding carboxylic acids is 2. The molecular weight excluding hydrogens is 244 g/mol. The highest BCUT2D eigenvalue weighted by Crippen LogP contribution is 2.15. The Bertz CT molecular complexity index is 416. The number of furan rings is 1. The van der Waals surface area contributed by atoms with E-state index in [1.54, 1.807) is 24.3 Å². The third kappa shape index (κ3) is 3.67. The van der Waals surface area contributed by atoms with Crippen molar-refractivity contribution in [2.75, 3.05) is 20.1 Å². The van der Waals surface area contributed by atoms with Gasteiger partial charge in [-0.3, -0.25) is 9.69 Å². The number of aldehydes is 1. The van der Waals surface area contributed by atoms with Crippen molar-refractivity contribution in [1.29, 1.82) is 0 Å². The molecule has 1 amide bonds. The number of likely N-dealkylation sites (tertiary alicyclic amines) is 1. The third-order valence-electron chi connectivity index (χ3n) is 3.56. The Morgan fingerprint density at radius 3 is 3.11 bits per heavy atom. The van der Waals surface area contributed by atoms with Crippen LogP contribution in [-0.4, -0.2) is 48.2 Å². The molecule has 5 heteroatoms. The summed E-state index contributed by atoms with van der Waals surface area (Å²) < 4.78 is 5.22. The molecule has 2 heterocycles. The van der Waals surface area contributed by atoms with Gasteiger partial charge < -0.3 is 14.1 Å². The molecule has 1 aromatic rings. The lowest BCUT2D eigenvalue weighted by Crippen LogP contribution is -2.46. The molecule has 1 unspecified atom stereocenters. The molecule has 19 heavy (non-hydrogen) atoms. The van der Waals surface area contributed by atoms with Crippen molar-refractivity contribution in [2.45, 2.75) is 31.8 Å². The molecule has 2 rings (SSSR count). The number of hydrogen-bond acceptors (Lipinski definition) is 4. The van der Waals surface area contributed by atoms with Crippen LogP contribution in [0.2, 0.25) is 0 Å². The van der Waals surface area contributed by atoms with Gasteiger partial charge in [-0.25, -0.2) is 0 Å². The van der Waals surface area contributed by atoms with Crippen LogP contribution < -0.4 is 0 Å². The fourth-order valence-electron chi connectivity index (χ4n) is 2.39. The van der Waals surface area contributed by atoms with Crippen molar-refractivity contribution in [3.63, 3.8) is 0 Å². The molecule has 5 nitrogen and oxygen atoms in total. The Morgan fingerprint density at radius 1 is 1.58 bits per heavy atom. The quantitative estimate of drug-likeness (QED) is 0.752. The first kappa shape index (κ1) is 13.8. The maximum atomic E-state index is 12.1.